The van der Waals surface area contributed by atoms with E-state index in [4.69, 9.17) is 27.4 Å². The fourth-order valence-corrected chi connectivity index (χ4v) is 9.57. The Bertz CT molecular complexity index is 2810. The summed E-state index contributed by atoms with van der Waals surface area (Å²) in [5, 5.41) is 11.7. The van der Waals surface area contributed by atoms with Gasteiger partial charge in [0.25, 0.3) is 11.8 Å². The lowest BCUT2D eigenvalue weighted by Gasteiger charge is -2.57. The fraction of sp³-hybridized carbons (Fsp3) is 0.356. The maximum atomic E-state index is 16.2. The van der Waals surface area contributed by atoms with E-state index < -0.39 is 29.8 Å². The van der Waals surface area contributed by atoms with E-state index in [1.54, 1.807) is 36.3 Å². The summed E-state index contributed by atoms with van der Waals surface area (Å²) in [7, 11) is 1.79. The van der Waals surface area contributed by atoms with Crippen LogP contribution in [0.2, 0.25) is 5.02 Å². The number of halogens is 3. The van der Waals surface area contributed by atoms with Gasteiger partial charge in [-0.25, -0.2) is 28.1 Å². The molecule has 6 aromatic rings. The average Bonchev–Trinajstić information content (AvgIpc) is 3.98. The molecule has 324 valence electrons. The molecule has 4 fully saturated rings. The Labute approximate surface area is 366 Å². The second-order valence-corrected chi connectivity index (χ2v) is 17.3. The van der Waals surface area contributed by atoms with Crippen LogP contribution in [0.1, 0.15) is 53.7 Å². The third kappa shape index (κ3) is 7.22. The summed E-state index contributed by atoms with van der Waals surface area (Å²) < 4.78 is 34.0. The predicted molar refractivity (Wildman–Crippen MR) is 237 cm³/mol. The quantitative estimate of drug-likeness (QED) is 0.147. The Hall–Kier alpha value is -6.46. The van der Waals surface area contributed by atoms with Gasteiger partial charge in [0.1, 0.15) is 11.5 Å². The number of benzene rings is 2. The number of hydrogen-bond acceptors (Lipinski definition) is 11. The van der Waals surface area contributed by atoms with Gasteiger partial charge in [-0.1, -0.05) is 49.1 Å². The van der Waals surface area contributed by atoms with E-state index in [9.17, 15) is 14.4 Å². The number of nitrogens with zero attached hydrogens (tertiary/aromatic N) is 9. The Morgan fingerprint density at radius 3 is 2.44 bits per heavy atom. The molecular weight excluding hydrogens is 830 g/mol. The van der Waals surface area contributed by atoms with Crippen molar-refractivity contribution < 1.29 is 23.2 Å². The van der Waals surface area contributed by atoms with Crippen molar-refractivity contribution in [1.29, 1.82) is 0 Å². The first-order valence-corrected chi connectivity index (χ1v) is 21.6. The van der Waals surface area contributed by atoms with Crippen LogP contribution in [-0.4, -0.2) is 99.6 Å². The highest BCUT2D eigenvalue weighted by atomic mass is 35.5. The smallest absolute Gasteiger partial charge is 0.328 e. The Morgan fingerprint density at radius 1 is 0.921 bits per heavy atom. The van der Waals surface area contributed by atoms with Gasteiger partial charge in [0.15, 0.2) is 11.5 Å². The zero-order valence-corrected chi connectivity index (χ0v) is 35.3. The summed E-state index contributed by atoms with van der Waals surface area (Å²) in [4.78, 5) is 57.5. The molecule has 2 aromatic carbocycles. The summed E-state index contributed by atoms with van der Waals surface area (Å²) in [5.41, 5.74) is 11.1. The van der Waals surface area contributed by atoms with Crippen LogP contribution in [0.15, 0.2) is 73.2 Å². The Morgan fingerprint density at radius 2 is 1.73 bits per heavy atom. The summed E-state index contributed by atoms with van der Waals surface area (Å²) in [6, 6.07) is 16.5. The van der Waals surface area contributed by atoms with Crippen LogP contribution in [0, 0.1) is 5.41 Å². The number of carbonyl (C=O) groups is 3. The number of urea groups is 1. The third-order valence-electron chi connectivity index (χ3n) is 12.7. The number of carbonyl (C=O) groups excluding carboxylic acids is 3. The number of hydrogen-bond donors (Lipinski definition) is 3. The molecule has 0 bridgehead atoms. The highest BCUT2D eigenvalue weighted by Crippen LogP contribution is 2.52. The lowest BCUT2D eigenvalue weighted by Crippen LogP contribution is -2.69. The van der Waals surface area contributed by atoms with Gasteiger partial charge in [-0.15, -0.1) is 5.10 Å². The van der Waals surface area contributed by atoms with Crippen LogP contribution in [0.25, 0.3) is 27.7 Å². The summed E-state index contributed by atoms with van der Waals surface area (Å²) in [6.45, 7) is 1.75. The van der Waals surface area contributed by atoms with Gasteiger partial charge in [-0.05, 0) is 54.3 Å². The fourth-order valence-electron chi connectivity index (χ4n) is 9.30. The van der Waals surface area contributed by atoms with E-state index in [2.05, 4.69) is 25.5 Å². The minimum Gasteiger partial charge on any atom is -0.385 e. The lowest BCUT2D eigenvalue weighted by atomic mass is 9.69. The molecule has 4 aliphatic heterocycles. The number of aromatic nitrogens is 5. The Balaban J connectivity index is 0.00000151. The van der Waals surface area contributed by atoms with Crippen LogP contribution in [0.4, 0.5) is 42.3 Å². The first-order valence-electron chi connectivity index (χ1n) is 21.2. The van der Waals surface area contributed by atoms with Gasteiger partial charge in [0.2, 0.25) is 5.91 Å². The van der Waals surface area contributed by atoms with Gasteiger partial charge in [0, 0.05) is 93.2 Å². The average molecular weight is 875 g/mol. The summed E-state index contributed by atoms with van der Waals surface area (Å²) in [5.74, 6) is -2.93. The van der Waals surface area contributed by atoms with E-state index in [1.165, 1.54) is 34.9 Å². The number of fused-ring (bicyclic) bond motifs is 3. The minimum atomic E-state index is -2.99. The lowest BCUT2D eigenvalue weighted by molar-refractivity contribution is -0.200. The third-order valence-corrected chi connectivity index (χ3v) is 13.0. The van der Waals surface area contributed by atoms with Crippen molar-refractivity contribution in [3.05, 3.63) is 95.0 Å². The molecule has 4 N–H and O–H groups in total. The van der Waals surface area contributed by atoms with Gasteiger partial charge < -0.3 is 20.9 Å². The maximum absolute atomic E-state index is 16.2. The second-order valence-electron chi connectivity index (χ2n) is 16.9. The van der Waals surface area contributed by atoms with Gasteiger partial charge in [-0.2, -0.15) is 0 Å². The standard InChI is InChI=1S/C42H39ClF2N12O3.C3H6/c1-47-31-17-34(52-57-33(37(46)59)19-50-39(31)57)55-14-10-26-25(3-2-4-32(26)55)30-8-5-24(18-49-30)20-53-21-41(22-53)12-16-54(23-42(41,44)45)38-28-6-7-29(43)36(27(28)9-13-48-38)56-15-11-35(58)51-40(56)60;1-2-3-1/h2-9,13,17-19,47H,10-12,14-16,20-23H2,1H3,(H2,46,59)(H,51,58,60);1-3H2. The SMILES string of the molecule is C1CC1.CNc1cc(N2CCc3c(-c4ccc(CN5CC6(CCN(c7nccc8c(N9CCC(=O)NC9=O)c(Cl)ccc78)CC6(F)F)C5)cn4)cccc32)nn2c(C(N)=O)cnc12. The van der Waals surface area contributed by atoms with Crippen molar-refractivity contribution in [1.82, 2.24) is 34.8 Å². The van der Waals surface area contributed by atoms with E-state index in [0.29, 0.717) is 64.1 Å². The number of nitrogens with two attached hydrogens (primary N) is 1. The van der Waals surface area contributed by atoms with Crippen LogP contribution < -0.4 is 31.1 Å². The van der Waals surface area contributed by atoms with Crippen molar-refractivity contribution >= 4 is 74.6 Å². The van der Waals surface area contributed by atoms with Crippen LogP contribution in [0.3, 0.4) is 0 Å². The van der Waals surface area contributed by atoms with Crippen LogP contribution >= 0.6 is 11.6 Å². The highest BCUT2D eigenvalue weighted by molar-refractivity contribution is 6.36. The molecule has 11 rings (SSSR count). The van der Waals surface area contributed by atoms with E-state index in [1.807, 2.05) is 47.5 Å². The molecule has 0 unspecified atom stereocenters. The first-order chi connectivity index (χ1) is 30.4. The normalized spacial score (nSPS) is 18.8. The summed E-state index contributed by atoms with van der Waals surface area (Å²) in [6.07, 6.45) is 10.4. The van der Waals surface area contributed by atoms with Gasteiger partial charge in [0.05, 0.1) is 40.2 Å². The number of amides is 4. The number of alkyl halides is 2. The number of likely N-dealkylation sites (tertiary alicyclic amines) is 1. The van der Waals surface area contributed by atoms with E-state index >= 15 is 8.78 Å². The number of pyridine rings is 2. The molecule has 0 atom stereocenters. The topological polar surface area (TPSA) is 170 Å². The van der Waals surface area contributed by atoms with Crippen LogP contribution in [0.5, 0.6) is 0 Å². The number of nitrogens with one attached hydrogen (secondary N) is 2. The molecule has 15 nitrogen and oxygen atoms in total. The van der Waals surface area contributed by atoms with Gasteiger partial charge in [-0.3, -0.25) is 29.7 Å². The minimum absolute atomic E-state index is 0.122. The molecule has 3 saturated heterocycles. The highest BCUT2D eigenvalue weighted by Gasteiger charge is 2.62. The van der Waals surface area contributed by atoms with Crippen molar-refractivity contribution in [2.75, 3.05) is 66.3 Å². The molecule has 5 aliphatic rings. The van der Waals surface area contributed by atoms with Gasteiger partial charge >= 0.3 is 6.03 Å². The number of imide groups is 1. The van der Waals surface area contributed by atoms with E-state index in [0.717, 1.165) is 34.5 Å². The number of imidazole rings is 1. The largest absolute Gasteiger partial charge is 0.385 e. The molecule has 0 radical (unpaired) electrons. The molecule has 18 heteroatoms. The second kappa shape index (κ2) is 15.7. The summed E-state index contributed by atoms with van der Waals surface area (Å²) >= 11 is 6.58. The molecule has 1 saturated carbocycles. The molecule has 4 amide bonds. The monoisotopic (exact) mass is 874 g/mol. The molecule has 4 aromatic heterocycles. The number of piperidine rings is 1. The molecule has 63 heavy (non-hydrogen) atoms. The van der Waals surface area contributed by atoms with Crippen molar-refractivity contribution in [2.45, 2.75) is 51.0 Å². The van der Waals surface area contributed by atoms with Crippen molar-refractivity contribution in [2.24, 2.45) is 11.1 Å². The van der Waals surface area contributed by atoms with Crippen molar-refractivity contribution in [3.8, 4) is 11.3 Å². The molecule has 8 heterocycles. The predicted octanol–water partition coefficient (Wildman–Crippen LogP) is 6.79. The maximum Gasteiger partial charge on any atom is 0.328 e. The zero-order chi connectivity index (χ0) is 43.6. The molecule has 1 spiro atoms. The van der Waals surface area contributed by atoms with E-state index in [-0.39, 0.29) is 44.1 Å². The Kier molecular flexibility index (Phi) is 10.1. The van der Waals surface area contributed by atoms with Crippen LogP contribution in [-0.2, 0) is 17.8 Å². The molecular formula is C45H45ClF2N12O3. The zero-order valence-electron chi connectivity index (χ0n) is 34.6. The van der Waals surface area contributed by atoms with Crippen molar-refractivity contribution in [3.63, 3.8) is 0 Å². The number of primary amides is 1. The number of rotatable bonds is 8. The molecule has 1 aliphatic carbocycles. The first kappa shape index (κ1) is 40.6. The number of anilines is 5.